The minimum Gasteiger partial charge on any atom is -0.381 e. The van der Waals surface area contributed by atoms with Crippen LogP contribution in [0.3, 0.4) is 0 Å². The molecular weight excluding hydrogens is 212 g/mol. The average Bonchev–Trinajstić information content (AvgIpc) is 2.38. The number of nitrogens with zero attached hydrogens (tertiary/aromatic N) is 2. The van der Waals surface area contributed by atoms with Gasteiger partial charge in [0.25, 0.3) is 0 Å². The standard InChI is InChI=1S/C13H22N4/c1-2-10-3-5-11(6-4-10)9-17-13-12(14)15-7-8-16-13/h7-8,10-11H,2-6,9H2,1H3,(H2,14,15)(H,16,17). The molecule has 0 radical (unpaired) electrons. The summed E-state index contributed by atoms with van der Waals surface area (Å²) in [6, 6.07) is 0. The van der Waals surface area contributed by atoms with E-state index < -0.39 is 0 Å². The van der Waals surface area contributed by atoms with Crippen molar-refractivity contribution in [3.63, 3.8) is 0 Å². The highest BCUT2D eigenvalue weighted by molar-refractivity contribution is 5.54. The van der Waals surface area contributed by atoms with E-state index in [0.717, 1.165) is 24.2 Å². The Morgan fingerprint density at radius 3 is 2.47 bits per heavy atom. The van der Waals surface area contributed by atoms with E-state index >= 15 is 0 Å². The Bertz CT molecular complexity index is 345. The fourth-order valence-corrected chi connectivity index (χ4v) is 2.57. The molecule has 1 saturated carbocycles. The van der Waals surface area contributed by atoms with E-state index in [0.29, 0.717) is 5.82 Å². The zero-order valence-corrected chi connectivity index (χ0v) is 10.5. The number of aromatic nitrogens is 2. The van der Waals surface area contributed by atoms with Crippen molar-refractivity contribution in [1.82, 2.24) is 9.97 Å². The largest absolute Gasteiger partial charge is 0.381 e. The molecule has 0 unspecified atom stereocenters. The van der Waals surface area contributed by atoms with Crippen molar-refractivity contribution in [2.45, 2.75) is 39.0 Å². The Morgan fingerprint density at radius 1 is 1.18 bits per heavy atom. The lowest BCUT2D eigenvalue weighted by Crippen LogP contribution is -2.21. The molecule has 1 fully saturated rings. The molecule has 0 amide bonds. The van der Waals surface area contributed by atoms with Gasteiger partial charge in [-0.3, -0.25) is 0 Å². The summed E-state index contributed by atoms with van der Waals surface area (Å²) >= 11 is 0. The van der Waals surface area contributed by atoms with Crippen molar-refractivity contribution in [1.29, 1.82) is 0 Å². The SMILES string of the molecule is CCC1CCC(CNc2nccnc2N)CC1. The van der Waals surface area contributed by atoms with E-state index in [1.165, 1.54) is 32.1 Å². The van der Waals surface area contributed by atoms with Crippen LogP contribution < -0.4 is 11.1 Å². The topological polar surface area (TPSA) is 63.8 Å². The van der Waals surface area contributed by atoms with Gasteiger partial charge in [0, 0.05) is 18.9 Å². The minimum atomic E-state index is 0.495. The normalized spacial score (nSPS) is 24.5. The van der Waals surface area contributed by atoms with Gasteiger partial charge in [0.1, 0.15) is 0 Å². The van der Waals surface area contributed by atoms with Crippen LogP contribution in [0.5, 0.6) is 0 Å². The summed E-state index contributed by atoms with van der Waals surface area (Å²) in [5.74, 6) is 2.94. The first-order chi connectivity index (χ1) is 8.29. The molecular formula is C13H22N4. The zero-order chi connectivity index (χ0) is 12.1. The number of nitrogens with two attached hydrogens (primary N) is 1. The molecule has 17 heavy (non-hydrogen) atoms. The fraction of sp³-hybridized carbons (Fsp3) is 0.692. The smallest absolute Gasteiger partial charge is 0.168 e. The molecule has 94 valence electrons. The third-order valence-electron chi connectivity index (χ3n) is 3.83. The summed E-state index contributed by atoms with van der Waals surface area (Å²) in [5.41, 5.74) is 5.74. The quantitative estimate of drug-likeness (QED) is 0.840. The van der Waals surface area contributed by atoms with Gasteiger partial charge in [0.15, 0.2) is 11.6 Å². The molecule has 3 N–H and O–H groups in total. The van der Waals surface area contributed by atoms with Crippen molar-refractivity contribution in [3.8, 4) is 0 Å². The van der Waals surface area contributed by atoms with Gasteiger partial charge in [-0.1, -0.05) is 26.2 Å². The second-order valence-corrected chi connectivity index (χ2v) is 4.97. The van der Waals surface area contributed by atoms with Gasteiger partial charge < -0.3 is 11.1 Å². The van der Waals surface area contributed by atoms with Crippen LogP contribution in [0, 0.1) is 11.8 Å². The summed E-state index contributed by atoms with van der Waals surface area (Å²) in [5, 5.41) is 3.32. The first-order valence-electron chi connectivity index (χ1n) is 6.60. The fourth-order valence-electron chi connectivity index (χ4n) is 2.57. The molecule has 1 aliphatic carbocycles. The highest BCUT2D eigenvalue weighted by Gasteiger charge is 2.19. The van der Waals surface area contributed by atoms with Crippen LogP contribution in [0.25, 0.3) is 0 Å². The summed E-state index contributed by atoms with van der Waals surface area (Å²) in [4.78, 5) is 8.22. The van der Waals surface area contributed by atoms with Crippen LogP contribution in [0.1, 0.15) is 39.0 Å². The molecule has 0 bridgehead atoms. The van der Waals surface area contributed by atoms with Gasteiger partial charge in [-0.05, 0) is 24.7 Å². The molecule has 0 spiro atoms. The second kappa shape index (κ2) is 5.84. The van der Waals surface area contributed by atoms with Crippen LogP contribution in [0.2, 0.25) is 0 Å². The third kappa shape index (κ3) is 3.32. The number of rotatable bonds is 4. The van der Waals surface area contributed by atoms with Crippen molar-refractivity contribution in [3.05, 3.63) is 12.4 Å². The number of hydrogen-bond donors (Lipinski definition) is 2. The van der Waals surface area contributed by atoms with Gasteiger partial charge >= 0.3 is 0 Å². The summed E-state index contributed by atoms with van der Waals surface area (Å²) in [6.45, 7) is 3.27. The van der Waals surface area contributed by atoms with E-state index in [2.05, 4.69) is 22.2 Å². The zero-order valence-electron chi connectivity index (χ0n) is 10.5. The molecule has 0 aromatic carbocycles. The first-order valence-corrected chi connectivity index (χ1v) is 6.60. The van der Waals surface area contributed by atoms with E-state index in [4.69, 9.17) is 5.73 Å². The van der Waals surface area contributed by atoms with E-state index in [9.17, 15) is 0 Å². The maximum atomic E-state index is 5.74. The van der Waals surface area contributed by atoms with E-state index in [1.807, 2.05) is 0 Å². The van der Waals surface area contributed by atoms with Gasteiger partial charge in [-0.2, -0.15) is 0 Å². The van der Waals surface area contributed by atoms with Crippen LogP contribution in [0.4, 0.5) is 11.6 Å². The van der Waals surface area contributed by atoms with E-state index in [-0.39, 0.29) is 0 Å². The van der Waals surface area contributed by atoms with Crippen LogP contribution in [0.15, 0.2) is 12.4 Å². The molecule has 0 saturated heterocycles. The minimum absolute atomic E-state index is 0.495. The summed E-state index contributed by atoms with van der Waals surface area (Å²) in [6.07, 6.45) is 10.0. The van der Waals surface area contributed by atoms with Crippen molar-refractivity contribution in [2.24, 2.45) is 11.8 Å². The Balaban J connectivity index is 1.78. The predicted molar refractivity (Wildman–Crippen MR) is 70.7 cm³/mol. The second-order valence-electron chi connectivity index (χ2n) is 4.97. The lowest BCUT2D eigenvalue weighted by atomic mass is 9.81. The van der Waals surface area contributed by atoms with Crippen LogP contribution in [-0.2, 0) is 0 Å². The number of nitrogens with one attached hydrogen (secondary N) is 1. The summed E-state index contributed by atoms with van der Waals surface area (Å²) < 4.78 is 0. The number of anilines is 2. The average molecular weight is 234 g/mol. The molecule has 0 aliphatic heterocycles. The molecule has 4 heteroatoms. The van der Waals surface area contributed by atoms with Crippen molar-refractivity contribution >= 4 is 11.6 Å². The van der Waals surface area contributed by atoms with Gasteiger partial charge in [-0.15, -0.1) is 0 Å². The van der Waals surface area contributed by atoms with Crippen LogP contribution in [-0.4, -0.2) is 16.5 Å². The lowest BCUT2D eigenvalue weighted by molar-refractivity contribution is 0.278. The monoisotopic (exact) mass is 234 g/mol. The highest BCUT2D eigenvalue weighted by atomic mass is 15.0. The Morgan fingerprint density at radius 2 is 1.82 bits per heavy atom. The van der Waals surface area contributed by atoms with Gasteiger partial charge in [-0.25, -0.2) is 9.97 Å². The highest BCUT2D eigenvalue weighted by Crippen LogP contribution is 2.30. The van der Waals surface area contributed by atoms with Crippen molar-refractivity contribution in [2.75, 3.05) is 17.6 Å². The molecule has 1 aliphatic rings. The third-order valence-corrected chi connectivity index (χ3v) is 3.83. The predicted octanol–water partition coefficient (Wildman–Crippen LogP) is 2.69. The molecule has 1 heterocycles. The molecule has 4 nitrogen and oxygen atoms in total. The number of nitrogen functional groups attached to an aromatic ring is 1. The Hall–Kier alpha value is -1.32. The summed E-state index contributed by atoms with van der Waals surface area (Å²) in [7, 11) is 0. The Kier molecular flexibility index (Phi) is 4.18. The number of hydrogen-bond acceptors (Lipinski definition) is 4. The Labute approximate surface area is 103 Å². The lowest BCUT2D eigenvalue weighted by Gasteiger charge is -2.28. The van der Waals surface area contributed by atoms with Gasteiger partial charge in [0.2, 0.25) is 0 Å². The molecule has 1 aromatic rings. The molecule has 0 atom stereocenters. The maximum Gasteiger partial charge on any atom is 0.168 e. The van der Waals surface area contributed by atoms with Crippen LogP contribution >= 0.6 is 0 Å². The van der Waals surface area contributed by atoms with Gasteiger partial charge in [0.05, 0.1) is 0 Å². The molecule has 1 aromatic heterocycles. The maximum absolute atomic E-state index is 5.74. The molecule has 2 rings (SSSR count). The van der Waals surface area contributed by atoms with Crippen molar-refractivity contribution < 1.29 is 0 Å². The van der Waals surface area contributed by atoms with E-state index in [1.54, 1.807) is 12.4 Å². The first kappa shape index (κ1) is 12.1.